The Bertz CT molecular complexity index is 1250. The summed E-state index contributed by atoms with van der Waals surface area (Å²) in [5.74, 6) is 1.23. The minimum absolute atomic E-state index is 0.0349. The molecule has 0 aliphatic heterocycles. The first-order chi connectivity index (χ1) is 14.1. The van der Waals surface area contributed by atoms with Gasteiger partial charge in [0.15, 0.2) is 6.29 Å². The maximum atomic E-state index is 11.3. The summed E-state index contributed by atoms with van der Waals surface area (Å²) in [5.41, 5.74) is 2.40. The highest BCUT2D eigenvalue weighted by atomic mass is 16.5. The summed E-state index contributed by atoms with van der Waals surface area (Å²) in [6.07, 6.45) is 0.794. The summed E-state index contributed by atoms with van der Waals surface area (Å²) in [7, 11) is 0. The Labute approximate surface area is 167 Å². The van der Waals surface area contributed by atoms with Gasteiger partial charge in [-0.1, -0.05) is 35.5 Å². The molecule has 6 nitrogen and oxygen atoms in total. The maximum absolute atomic E-state index is 11.3. The lowest BCUT2D eigenvalue weighted by Gasteiger charge is -2.11. The molecule has 29 heavy (non-hydrogen) atoms. The summed E-state index contributed by atoms with van der Waals surface area (Å²) < 4.78 is 11.1. The minimum atomic E-state index is -0.0349. The molecule has 4 rings (SSSR count). The summed E-state index contributed by atoms with van der Waals surface area (Å²) in [4.78, 5) is 15.8. The van der Waals surface area contributed by atoms with Crippen LogP contribution >= 0.6 is 0 Å². The van der Waals surface area contributed by atoms with Gasteiger partial charge in [-0.25, -0.2) is 0 Å². The Kier molecular flexibility index (Phi) is 4.80. The van der Waals surface area contributed by atoms with E-state index in [0.29, 0.717) is 34.2 Å². The molecular formula is C23H17N3O3. The molecule has 0 amide bonds. The van der Waals surface area contributed by atoms with E-state index in [1.165, 1.54) is 0 Å². The zero-order valence-electron chi connectivity index (χ0n) is 15.9. The Morgan fingerprint density at radius 3 is 2.62 bits per heavy atom. The zero-order valence-corrected chi connectivity index (χ0v) is 15.9. The summed E-state index contributed by atoms with van der Waals surface area (Å²) in [6, 6.07) is 18.4. The molecule has 0 N–H and O–H groups in total. The van der Waals surface area contributed by atoms with Gasteiger partial charge >= 0.3 is 0 Å². The van der Waals surface area contributed by atoms with Gasteiger partial charge in [0.1, 0.15) is 11.8 Å². The van der Waals surface area contributed by atoms with Crippen molar-refractivity contribution < 1.29 is 14.1 Å². The van der Waals surface area contributed by atoms with E-state index in [1.54, 1.807) is 30.3 Å². The molecule has 142 valence electrons. The topological polar surface area (TPSA) is 89.0 Å². The second-order valence-electron chi connectivity index (χ2n) is 6.78. The number of aldehydes is 1. The highest BCUT2D eigenvalue weighted by molar-refractivity contribution is 6.04. The lowest BCUT2D eigenvalue weighted by molar-refractivity contribution is 0.112. The number of carbonyl (C=O) groups excluding carboxylic acids is 1. The number of hydrogen-bond acceptors (Lipinski definition) is 6. The van der Waals surface area contributed by atoms with Crippen molar-refractivity contribution in [3.8, 4) is 34.7 Å². The number of ether oxygens (including phenoxy) is 1. The van der Waals surface area contributed by atoms with Gasteiger partial charge in [0, 0.05) is 16.7 Å². The number of benzene rings is 3. The number of nitrogens with zero attached hydrogens (tertiary/aromatic N) is 3. The van der Waals surface area contributed by atoms with E-state index >= 15 is 0 Å². The number of aromatic nitrogens is 2. The Hall–Kier alpha value is -3.98. The average Bonchev–Trinajstić information content (AvgIpc) is 3.22. The first-order valence-corrected chi connectivity index (χ1v) is 9.13. The maximum Gasteiger partial charge on any atom is 0.258 e. The van der Waals surface area contributed by atoms with Crippen LogP contribution in [0.1, 0.15) is 29.8 Å². The van der Waals surface area contributed by atoms with Crippen LogP contribution in [0.4, 0.5) is 0 Å². The highest BCUT2D eigenvalue weighted by Gasteiger charge is 2.16. The standard InChI is InChI=1S/C23H17N3O3/c1-14(2)28-21-10-8-15(11-17(21)12-24)22-25-23(29-26-22)20-9-7-16(13-27)18-5-3-4-6-19(18)20/h3-11,13-14H,1-2H3. The third kappa shape index (κ3) is 3.46. The van der Waals surface area contributed by atoms with Gasteiger partial charge in [0.25, 0.3) is 5.89 Å². The first-order valence-electron chi connectivity index (χ1n) is 9.13. The van der Waals surface area contributed by atoms with Crippen molar-refractivity contribution in [3.63, 3.8) is 0 Å². The van der Waals surface area contributed by atoms with Crippen LogP contribution in [0.2, 0.25) is 0 Å². The molecule has 3 aromatic carbocycles. The predicted molar refractivity (Wildman–Crippen MR) is 109 cm³/mol. The fourth-order valence-corrected chi connectivity index (χ4v) is 3.17. The molecule has 0 unspecified atom stereocenters. The largest absolute Gasteiger partial charge is 0.490 e. The SMILES string of the molecule is CC(C)Oc1ccc(-c2noc(-c3ccc(C=O)c4ccccc34)n2)cc1C#N. The van der Waals surface area contributed by atoms with E-state index in [0.717, 1.165) is 22.6 Å². The van der Waals surface area contributed by atoms with Gasteiger partial charge in [0.2, 0.25) is 5.82 Å². The van der Waals surface area contributed by atoms with Gasteiger partial charge in [-0.05, 0) is 48.9 Å². The molecule has 6 heteroatoms. The van der Waals surface area contributed by atoms with Crippen LogP contribution in [0.3, 0.4) is 0 Å². The molecular weight excluding hydrogens is 366 g/mol. The molecule has 1 aromatic heterocycles. The Balaban J connectivity index is 1.76. The van der Waals surface area contributed by atoms with Crippen LogP contribution in [0.5, 0.6) is 5.75 Å². The quantitative estimate of drug-likeness (QED) is 0.449. The second-order valence-corrected chi connectivity index (χ2v) is 6.78. The fraction of sp³-hybridized carbons (Fsp3) is 0.130. The van der Waals surface area contributed by atoms with Crippen LogP contribution in [0.25, 0.3) is 33.6 Å². The van der Waals surface area contributed by atoms with Crippen LogP contribution in [-0.4, -0.2) is 22.5 Å². The van der Waals surface area contributed by atoms with E-state index in [-0.39, 0.29) is 6.10 Å². The average molecular weight is 383 g/mol. The molecule has 0 atom stereocenters. The zero-order chi connectivity index (χ0) is 20.4. The first kappa shape index (κ1) is 18.4. The molecule has 0 aliphatic rings. The number of rotatable bonds is 5. The summed E-state index contributed by atoms with van der Waals surface area (Å²) in [6.45, 7) is 3.81. The van der Waals surface area contributed by atoms with Gasteiger partial charge in [-0.15, -0.1) is 0 Å². The van der Waals surface area contributed by atoms with Crippen molar-refractivity contribution in [1.29, 1.82) is 5.26 Å². The van der Waals surface area contributed by atoms with E-state index in [4.69, 9.17) is 9.26 Å². The molecule has 0 saturated carbocycles. The van der Waals surface area contributed by atoms with Crippen LogP contribution < -0.4 is 4.74 Å². The number of fused-ring (bicyclic) bond motifs is 1. The second kappa shape index (κ2) is 7.56. The van der Waals surface area contributed by atoms with Crippen LogP contribution in [0, 0.1) is 11.3 Å². The Morgan fingerprint density at radius 1 is 1.10 bits per heavy atom. The van der Waals surface area contributed by atoms with Gasteiger partial charge in [-0.3, -0.25) is 4.79 Å². The van der Waals surface area contributed by atoms with Crippen LogP contribution in [0.15, 0.2) is 59.1 Å². The van der Waals surface area contributed by atoms with Gasteiger partial charge < -0.3 is 9.26 Å². The number of nitriles is 1. The third-order valence-corrected chi connectivity index (χ3v) is 4.46. The van der Waals surface area contributed by atoms with Crippen LogP contribution in [-0.2, 0) is 0 Å². The van der Waals surface area contributed by atoms with Gasteiger partial charge in [0.05, 0.1) is 11.7 Å². The fourth-order valence-electron chi connectivity index (χ4n) is 3.17. The van der Waals surface area contributed by atoms with Crippen molar-refractivity contribution in [2.75, 3.05) is 0 Å². The predicted octanol–water partition coefficient (Wildman–Crippen LogP) is 5.03. The van der Waals surface area contributed by atoms with E-state index in [9.17, 15) is 10.1 Å². The Morgan fingerprint density at radius 2 is 1.90 bits per heavy atom. The molecule has 0 bridgehead atoms. The van der Waals surface area contributed by atoms with E-state index < -0.39 is 0 Å². The summed E-state index contributed by atoms with van der Waals surface area (Å²) >= 11 is 0. The molecule has 0 radical (unpaired) electrons. The van der Waals surface area contributed by atoms with E-state index in [1.807, 2.05) is 38.1 Å². The van der Waals surface area contributed by atoms with Crippen molar-refractivity contribution in [2.24, 2.45) is 0 Å². The lowest BCUT2D eigenvalue weighted by Crippen LogP contribution is -2.06. The molecule has 4 aromatic rings. The highest BCUT2D eigenvalue weighted by Crippen LogP contribution is 2.31. The molecule has 0 fully saturated rings. The lowest BCUT2D eigenvalue weighted by atomic mass is 10.00. The summed E-state index contributed by atoms with van der Waals surface area (Å²) in [5, 5.41) is 15.2. The molecule has 0 saturated heterocycles. The van der Waals surface area contributed by atoms with Crippen molar-refractivity contribution in [1.82, 2.24) is 10.1 Å². The number of hydrogen-bond donors (Lipinski definition) is 0. The monoisotopic (exact) mass is 383 g/mol. The van der Waals surface area contributed by atoms with Crippen molar-refractivity contribution >= 4 is 17.1 Å². The smallest absolute Gasteiger partial charge is 0.258 e. The van der Waals surface area contributed by atoms with E-state index in [2.05, 4.69) is 16.2 Å². The van der Waals surface area contributed by atoms with Crippen molar-refractivity contribution in [3.05, 3.63) is 65.7 Å². The number of carbonyl (C=O) groups is 1. The minimum Gasteiger partial charge on any atom is -0.490 e. The van der Waals surface area contributed by atoms with Gasteiger partial charge in [-0.2, -0.15) is 10.2 Å². The third-order valence-electron chi connectivity index (χ3n) is 4.46. The van der Waals surface area contributed by atoms with Crippen molar-refractivity contribution in [2.45, 2.75) is 20.0 Å². The molecule has 1 heterocycles. The molecule has 0 aliphatic carbocycles. The normalized spacial score (nSPS) is 10.8. The molecule has 0 spiro atoms.